The summed E-state index contributed by atoms with van der Waals surface area (Å²) in [5.74, 6) is -1.14. The molecular formula is C13H9BrClF2N. The lowest BCUT2D eigenvalue weighted by Gasteiger charge is -2.09. The van der Waals surface area contributed by atoms with E-state index in [0.717, 1.165) is 16.2 Å². The molecule has 0 aliphatic heterocycles. The first kappa shape index (κ1) is 13.3. The van der Waals surface area contributed by atoms with Crippen molar-refractivity contribution in [2.24, 2.45) is 0 Å². The topological polar surface area (TPSA) is 12.0 Å². The van der Waals surface area contributed by atoms with Gasteiger partial charge in [0, 0.05) is 33.4 Å². The summed E-state index contributed by atoms with van der Waals surface area (Å²) in [6, 6.07) is 8.78. The van der Waals surface area contributed by atoms with Gasteiger partial charge in [-0.3, -0.25) is 0 Å². The van der Waals surface area contributed by atoms with Crippen LogP contribution < -0.4 is 5.32 Å². The van der Waals surface area contributed by atoms with Crippen molar-refractivity contribution in [1.82, 2.24) is 0 Å². The van der Waals surface area contributed by atoms with Gasteiger partial charge in [0.15, 0.2) is 0 Å². The highest BCUT2D eigenvalue weighted by molar-refractivity contribution is 9.10. The fourth-order valence-corrected chi connectivity index (χ4v) is 2.31. The molecule has 0 saturated carbocycles. The van der Waals surface area contributed by atoms with Gasteiger partial charge in [0.2, 0.25) is 0 Å². The van der Waals surface area contributed by atoms with Gasteiger partial charge in [0.1, 0.15) is 11.6 Å². The van der Waals surface area contributed by atoms with Gasteiger partial charge in [-0.2, -0.15) is 0 Å². The number of hydrogen-bond donors (Lipinski definition) is 1. The summed E-state index contributed by atoms with van der Waals surface area (Å²) in [4.78, 5) is 0. The number of hydrogen-bond acceptors (Lipinski definition) is 1. The maximum atomic E-state index is 13.4. The predicted molar refractivity (Wildman–Crippen MR) is 72.8 cm³/mol. The molecule has 0 bridgehead atoms. The van der Waals surface area contributed by atoms with E-state index in [-0.39, 0.29) is 6.54 Å². The van der Waals surface area contributed by atoms with Gasteiger partial charge >= 0.3 is 0 Å². The van der Waals surface area contributed by atoms with Crippen LogP contribution in [0.5, 0.6) is 0 Å². The third-order valence-electron chi connectivity index (χ3n) is 2.42. The molecule has 0 saturated heterocycles. The first-order valence-corrected chi connectivity index (χ1v) is 6.36. The normalized spacial score (nSPS) is 10.4. The van der Waals surface area contributed by atoms with Crippen molar-refractivity contribution < 1.29 is 8.78 Å². The lowest BCUT2D eigenvalue weighted by atomic mass is 10.2. The van der Waals surface area contributed by atoms with Crippen LogP contribution >= 0.6 is 27.5 Å². The lowest BCUT2D eigenvalue weighted by molar-refractivity contribution is 0.574. The molecule has 0 aliphatic carbocycles. The molecule has 0 spiro atoms. The average Bonchev–Trinajstić information content (AvgIpc) is 2.30. The van der Waals surface area contributed by atoms with Crippen LogP contribution in [0.4, 0.5) is 14.5 Å². The Morgan fingerprint density at radius 1 is 1.11 bits per heavy atom. The van der Waals surface area contributed by atoms with Crippen molar-refractivity contribution in [3.63, 3.8) is 0 Å². The molecule has 0 unspecified atom stereocenters. The molecule has 2 aromatic carbocycles. The molecule has 5 heteroatoms. The number of benzene rings is 2. The zero-order valence-electron chi connectivity index (χ0n) is 9.18. The molecule has 0 aliphatic rings. The van der Waals surface area contributed by atoms with Crippen LogP contribution in [0.15, 0.2) is 40.9 Å². The minimum absolute atomic E-state index is 0.270. The van der Waals surface area contributed by atoms with E-state index >= 15 is 0 Å². The van der Waals surface area contributed by atoms with Crippen molar-refractivity contribution in [2.75, 3.05) is 5.32 Å². The number of halogens is 4. The smallest absolute Gasteiger partial charge is 0.131 e. The molecule has 1 N–H and O–H groups in total. The Kier molecular flexibility index (Phi) is 4.19. The van der Waals surface area contributed by atoms with Crippen molar-refractivity contribution in [3.05, 3.63) is 63.1 Å². The van der Waals surface area contributed by atoms with Crippen LogP contribution in [0.25, 0.3) is 0 Å². The molecule has 0 radical (unpaired) electrons. The molecule has 0 atom stereocenters. The van der Waals surface area contributed by atoms with E-state index in [0.29, 0.717) is 10.6 Å². The molecule has 2 aromatic rings. The Labute approximate surface area is 117 Å². The summed E-state index contributed by atoms with van der Waals surface area (Å²) in [6.07, 6.45) is 0. The van der Waals surface area contributed by atoms with Crippen LogP contribution in [-0.4, -0.2) is 0 Å². The number of anilines is 1. The van der Waals surface area contributed by atoms with Crippen LogP contribution in [0.1, 0.15) is 5.56 Å². The minimum atomic E-state index is -0.580. The summed E-state index contributed by atoms with van der Waals surface area (Å²) in [6.45, 7) is 0.270. The molecule has 2 rings (SSSR count). The first-order valence-electron chi connectivity index (χ1n) is 5.19. The van der Waals surface area contributed by atoms with E-state index in [1.54, 1.807) is 18.2 Å². The summed E-state index contributed by atoms with van der Waals surface area (Å²) in [7, 11) is 0. The first-order chi connectivity index (χ1) is 8.56. The van der Waals surface area contributed by atoms with Gasteiger partial charge in [-0.1, -0.05) is 17.7 Å². The Bertz CT molecular complexity index is 523. The summed E-state index contributed by atoms with van der Waals surface area (Å²) < 4.78 is 26.9. The molecular weight excluding hydrogens is 324 g/mol. The molecule has 0 heterocycles. The molecule has 0 amide bonds. The highest BCUT2D eigenvalue weighted by Crippen LogP contribution is 2.26. The summed E-state index contributed by atoms with van der Waals surface area (Å²) in [5.41, 5.74) is 1.20. The average molecular weight is 333 g/mol. The van der Waals surface area contributed by atoms with Crippen molar-refractivity contribution in [1.29, 1.82) is 0 Å². The van der Waals surface area contributed by atoms with Gasteiger partial charge in [-0.05, 0) is 40.2 Å². The molecule has 0 fully saturated rings. The third-order valence-corrected chi connectivity index (χ3v) is 3.31. The molecule has 94 valence electrons. The third kappa shape index (κ3) is 3.21. The highest BCUT2D eigenvalue weighted by Gasteiger charge is 2.05. The Morgan fingerprint density at radius 2 is 1.89 bits per heavy atom. The predicted octanol–water partition coefficient (Wildman–Crippen LogP) is 4.99. The largest absolute Gasteiger partial charge is 0.380 e. The minimum Gasteiger partial charge on any atom is -0.380 e. The summed E-state index contributed by atoms with van der Waals surface area (Å²) in [5, 5.41) is 3.66. The fourth-order valence-electron chi connectivity index (χ4n) is 1.49. The van der Waals surface area contributed by atoms with Crippen LogP contribution in [-0.2, 0) is 6.54 Å². The van der Waals surface area contributed by atoms with Crippen LogP contribution in [0.3, 0.4) is 0 Å². The monoisotopic (exact) mass is 331 g/mol. The fraction of sp³-hybridized carbons (Fsp3) is 0.0769. The van der Waals surface area contributed by atoms with E-state index in [9.17, 15) is 8.78 Å². The second-order valence-electron chi connectivity index (χ2n) is 3.71. The van der Waals surface area contributed by atoms with Gasteiger partial charge in [-0.15, -0.1) is 0 Å². The van der Waals surface area contributed by atoms with Gasteiger partial charge in [-0.25, -0.2) is 8.78 Å². The van der Waals surface area contributed by atoms with Gasteiger partial charge in [0.05, 0.1) is 0 Å². The zero-order chi connectivity index (χ0) is 13.1. The van der Waals surface area contributed by atoms with E-state index in [1.165, 1.54) is 12.1 Å². The van der Waals surface area contributed by atoms with Crippen molar-refractivity contribution in [2.45, 2.75) is 6.54 Å². The van der Waals surface area contributed by atoms with Crippen molar-refractivity contribution in [3.8, 4) is 0 Å². The Morgan fingerprint density at radius 3 is 2.56 bits per heavy atom. The van der Waals surface area contributed by atoms with E-state index in [1.807, 2.05) is 0 Å². The van der Waals surface area contributed by atoms with Crippen molar-refractivity contribution >= 4 is 33.2 Å². The van der Waals surface area contributed by atoms with Crippen LogP contribution in [0.2, 0.25) is 5.02 Å². The maximum absolute atomic E-state index is 13.4. The summed E-state index contributed by atoms with van der Waals surface area (Å²) >= 11 is 9.17. The second kappa shape index (κ2) is 5.67. The number of nitrogens with one attached hydrogen (secondary N) is 1. The zero-order valence-corrected chi connectivity index (χ0v) is 11.5. The lowest BCUT2D eigenvalue weighted by Crippen LogP contribution is -2.02. The van der Waals surface area contributed by atoms with E-state index < -0.39 is 11.6 Å². The van der Waals surface area contributed by atoms with E-state index in [2.05, 4.69) is 21.2 Å². The quantitative estimate of drug-likeness (QED) is 0.834. The maximum Gasteiger partial charge on any atom is 0.131 e. The van der Waals surface area contributed by atoms with Crippen LogP contribution in [0, 0.1) is 11.6 Å². The molecule has 18 heavy (non-hydrogen) atoms. The molecule has 0 aromatic heterocycles. The molecule has 1 nitrogen and oxygen atoms in total. The van der Waals surface area contributed by atoms with Gasteiger partial charge < -0.3 is 5.32 Å². The second-order valence-corrected chi connectivity index (χ2v) is 5.00. The van der Waals surface area contributed by atoms with E-state index in [4.69, 9.17) is 11.6 Å². The van der Waals surface area contributed by atoms with Gasteiger partial charge in [0.25, 0.3) is 0 Å². The Hall–Kier alpha value is -1.13. The highest BCUT2D eigenvalue weighted by atomic mass is 79.9. The SMILES string of the molecule is Fc1ccc(CNc2ccc(Cl)cc2Br)c(F)c1. The number of rotatable bonds is 3. The standard InChI is InChI=1S/C13H9BrClF2N/c14-11-5-9(15)2-4-13(11)18-7-8-1-3-10(16)6-12(8)17/h1-6,18H,7H2. The Balaban J connectivity index is 2.11.